The largest absolute Gasteiger partial charge is 0.493 e. The number of Topliss-reactive ketones (excluding diaryl/α,β-unsaturated/α-hetero) is 1. The smallest absolute Gasteiger partial charge is 0.273 e. The van der Waals surface area contributed by atoms with Gasteiger partial charge in [0.15, 0.2) is 23.4 Å². The maximum absolute atomic E-state index is 11.4. The molecule has 98 valence electrons. The number of nitro groups is 1. The molecule has 0 amide bonds. The summed E-state index contributed by atoms with van der Waals surface area (Å²) in [6.45, 7) is 3.33. The number of hydrogen-bond donors (Lipinski definition) is 0. The maximum atomic E-state index is 11.4. The van der Waals surface area contributed by atoms with E-state index in [1.807, 2.05) is 0 Å². The molecule has 6 nitrogen and oxygen atoms in total. The van der Waals surface area contributed by atoms with Crippen LogP contribution < -0.4 is 9.47 Å². The van der Waals surface area contributed by atoms with E-state index in [0.717, 1.165) is 0 Å². The Morgan fingerprint density at radius 2 is 2.11 bits per heavy atom. The van der Waals surface area contributed by atoms with Gasteiger partial charge >= 0.3 is 0 Å². The Hall–Kier alpha value is -2.11. The number of hydrogen-bond acceptors (Lipinski definition) is 5. The molecule has 0 N–H and O–H groups in total. The van der Waals surface area contributed by atoms with E-state index in [9.17, 15) is 14.9 Å². The number of nitrogens with zero attached hydrogens (tertiary/aromatic N) is 1. The predicted molar refractivity (Wildman–Crippen MR) is 65.0 cm³/mol. The number of rotatable bonds is 6. The van der Waals surface area contributed by atoms with Crippen molar-refractivity contribution in [2.75, 3.05) is 7.11 Å². The summed E-state index contributed by atoms with van der Waals surface area (Å²) in [5.41, 5.74) is -0.109. The van der Waals surface area contributed by atoms with Crippen molar-refractivity contribution in [2.24, 2.45) is 0 Å². The molecular weight excluding hydrogens is 238 g/mol. The minimum atomic E-state index is -0.661. The third-order valence-electron chi connectivity index (χ3n) is 2.46. The van der Waals surface area contributed by atoms with Crippen molar-refractivity contribution in [1.82, 2.24) is 0 Å². The molecule has 0 radical (unpaired) electrons. The van der Waals surface area contributed by atoms with Crippen molar-refractivity contribution in [3.05, 3.63) is 28.3 Å². The standard InChI is InChI=1S/C12H15NO5/c1-4-10(14)8(2)18-12-7-9(13(15)16)5-6-11(12)17-3/h5-8H,4H2,1-3H3. The highest BCUT2D eigenvalue weighted by atomic mass is 16.6. The number of ketones is 1. The number of carbonyl (C=O) groups excluding carboxylic acids is 1. The summed E-state index contributed by atoms with van der Waals surface area (Å²) in [6, 6.07) is 4.01. The number of ether oxygens (including phenoxy) is 2. The Morgan fingerprint density at radius 1 is 1.44 bits per heavy atom. The van der Waals surface area contributed by atoms with E-state index in [0.29, 0.717) is 12.2 Å². The Balaban J connectivity index is 3.01. The van der Waals surface area contributed by atoms with Gasteiger partial charge in [-0.2, -0.15) is 0 Å². The Morgan fingerprint density at radius 3 is 2.61 bits per heavy atom. The summed E-state index contributed by atoms with van der Waals surface area (Å²) in [6.07, 6.45) is -0.316. The lowest BCUT2D eigenvalue weighted by Crippen LogP contribution is -2.23. The fourth-order valence-electron chi connectivity index (χ4n) is 1.41. The fraction of sp³-hybridized carbons (Fsp3) is 0.417. The van der Waals surface area contributed by atoms with E-state index >= 15 is 0 Å². The molecule has 18 heavy (non-hydrogen) atoms. The second kappa shape index (κ2) is 6.00. The first kappa shape index (κ1) is 14.0. The molecule has 1 rings (SSSR count). The monoisotopic (exact) mass is 253 g/mol. The van der Waals surface area contributed by atoms with Crippen molar-refractivity contribution in [3.8, 4) is 11.5 Å². The van der Waals surface area contributed by atoms with Gasteiger partial charge in [-0.15, -0.1) is 0 Å². The van der Waals surface area contributed by atoms with Crippen LogP contribution in [0.3, 0.4) is 0 Å². The molecule has 0 aromatic heterocycles. The van der Waals surface area contributed by atoms with Gasteiger partial charge in [-0.25, -0.2) is 0 Å². The zero-order valence-corrected chi connectivity index (χ0v) is 10.5. The lowest BCUT2D eigenvalue weighted by Gasteiger charge is -2.15. The van der Waals surface area contributed by atoms with Gasteiger partial charge in [0.2, 0.25) is 0 Å². The fourth-order valence-corrected chi connectivity index (χ4v) is 1.41. The van der Waals surface area contributed by atoms with Gasteiger partial charge in [0.1, 0.15) is 0 Å². The second-order valence-electron chi connectivity index (χ2n) is 3.67. The first-order valence-corrected chi connectivity index (χ1v) is 5.51. The van der Waals surface area contributed by atoms with Gasteiger partial charge in [-0.1, -0.05) is 6.92 Å². The van der Waals surface area contributed by atoms with Gasteiger partial charge in [0.05, 0.1) is 18.1 Å². The Labute approximate surface area is 105 Å². The van der Waals surface area contributed by atoms with E-state index in [1.165, 1.54) is 25.3 Å². The number of methoxy groups -OCH3 is 1. The second-order valence-corrected chi connectivity index (χ2v) is 3.67. The van der Waals surface area contributed by atoms with Crippen LogP contribution in [0.25, 0.3) is 0 Å². The molecule has 0 bridgehead atoms. The zero-order valence-electron chi connectivity index (χ0n) is 10.5. The van der Waals surface area contributed by atoms with E-state index in [-0.39, 0.29) is 17.2 Å². The van der Waals surface area contributed by atoms with Crippen molar-refractivity contribution in [3.63, 3.8) is 0 Å². The lowest BCUT2D eigenvalue weighted by atomic mass is 10.2. The molecule has 0 heterocycles. The zero-order chi connectivity index (χ0) is 13.7. The van der Waals surface area contributed by atoms with Crippen molar-refractivity contribution in [1.29, 1.82) is 0 Å². The molecule has 0 aliphatic rings. The Bertz CT molecular complexity index is 458. The third-order valence-corrected chi connectivity index (χ3v) is 2.46. The molecule has 0 aliphatic heterocycles. The van der Waals surface area contributed by atoms with Gasteiger partial charge in [0.25, 0.3) is 5.69 Å². The molecule has 1 aromatic rings. The maximum Gasteiger partial charge on any atom is 0.273 e. The van der Waals surface area contributed by atoms with Crippen LogP contribution in [0.5, 0.6) is 11.5 Å². The topological polar surface area (TPSA) is 78.7 Å². The van der Waals surface area contributed by atoms with Crippen LogP contribution in [0.2, 0.25) is 0 Å². The number of carbonyl (C=O) groups is 1. The van der Waals surface area contributed by atoms with Crippen molar-refractivity contribution >= 4 is 11.5 Å². The lowest BCUT2D eigenvalue weighted by molar-refractivity contribution is -0.385. The highest BCUT2D eigenvalue weighted by molar-refractivity contribution is 5.82. The molecule has 0 fully saturated rings. The summed E-state index contributed by atoms with van der Waals surface area (Å²) in [5, 5.41) is 10.7. The molecule has 0 saturated carbocycles. The SMILES string of the molecule is CCC(=O)C(C)Oc1cc([N+](=O)[O-])ccc1OC. The number of non-ortho nitro benzene ring substituents is 1. The van der Waals surface area contributed by atoms with E-state index in [2.05, 4.69) is 0 Å². The average molecular weight is 253 g/mol. The van der Waals surface area contributed by atoms with Crippen molar-refractivity contribution in [2.45, 2.75) is 26.4 Å². The van der Waals surface area contributed by atoms with E-state index < -0.39 is 11.0 Å². The molecule has 1 aromatic carbocycles. The molecule has 1 unspecified atom stereocenters. The van der Waals surface area contributed by atoms with Crippen LogP contribution in [0.1, 0.15) is 20.3 Å². The third kappa shape index (κ3) is 3.19. The van der Waals surface area contributed by atoms with Crippen LogP contribution >= 0.6 is 0 Å². The van der Waals surface area contributed by atoms with Crippen LogP contribution in [0.4, 0.5) is 5.69 Å². The quantitative estimate of drug-likeness (QED) is 0.574. The van der Waals surface area contributed by atoms with Gasteiger partial charge in [0, 0.05) is 12.5 Å². The highest BCUT2D eigenvalue weighted by Crippen LogP contribution is 2.31. The van der Waals surface area contributed by atoms with E-state index in [4.69, 9.17) is 9.47 Å². The van der Waals surface area contributed by atoms with Crippen molar-refractivity contribution < 1.29 is 19.2 Å². The molecule has 0 saturated heterocycles. The first-order valence-electron chi connectivity index (χ1n) is 5.51. The van der Waals surface area contributed by atoms with Crippen LogP contribution in [0, 0.1) is 10.1 Å². The summed E-state index contributed by atoms with van der Waals surface area (Å²) < 4.78 is 10.4. The minimum Gasteiger partial charge on any atom is -0.493 e. The normalized spacial score (nSPS) is 11.7. The molecular formula is C12H15NO5. The first-order chi connectivity index (χ1) is 8.49. The Kier molecular flexibility index (Phi) is 4.65. The molecule has 6 heteroatoms. The molecule has 0 aliphatic carbocycles. The summed E-state index contributed by atoms with van der Waals surface area (Å²) in [4.78, 5) is 21.6. The van der Waals surface area contributed by atoms with Gasteiger partial charge in [-0.3, -0.25) is 14.9 Å². The molecule has 0 spiro atoms. The van der Waals surface area contributed by atoms with Crippen LogP contribution in [-0.4, -0.2) is 23.9 Å². The predicted octanol–water partition coefficient (Wildman–Crippen LogP) is 2.35. The van der Waals surface area contributed by atoms with Gasteiger partial charge in [-0.05, 0) is 13.0 Å². The van der Waals surface area contributed by atoms with E-state index in [1.54, 1.807) is 13.8 Å². The summed E-state index contributed by atoms with van der Waals surface area (Å²) in [7, 11) is 1.43. The minimum absolute atomic E-state index is 0.0800. The number of nitro benzene ring substituents is 1. The highest BCUT2D eigenvalue weighted by Gasteiger charge is 2.18. The summed E-state index contributed by atoms with van der Waals surface area (Å²) in [5.74, 6) is 0.473. The molecule has 1 atom stereocenters. The van der Waals surface area contributed by atoms with Crippen LogP contribution in [-0.2, 0) is 4.79 Å². The summed E-state index contributed by atoms with van der Waals surface area (Å²) >= 11 is 0. The van der Waals surface area contributed by atoms with Gasteiger partial charge < -0.3 is 9.47 Å². The average Bonchev–Trinajstić information content (AvgIpc) is 2.37. The van der Waals surface area contributed by atoms with Crippen LogP contribution in [0.15, 0.2) is 18.2 Å². The number of benzene rings is 1.